The van der Waals surface area contributed by atoms with Crippen molar-refractivity contribution in [2.45, 2.75) is 360 Å². The average Bonchev–Trinajstić information content (AvgIpc) is 0.765. The molecule has 10 rings (SSSR count). The molecule has 58 nitrogen and oxygen atoms in total. The van der Waals surface area contributed by atoms with Gasteiger partial charge in [0.2, 0.25) is 29.5 Å². The quantitative estimate of drug-likeness (QED) is 0.0280. The monoisotopic (exact) mass is 1920 g/mol. The van der Waals surface area contributed by atoms with Crippen LogP contribution in [0, 0.1) is 0 Å². The average molecular weight is 1920 g/mol. The van der Waals surface area contributed by atoms with Gasteiger partial charge in [0.25, 0.3) is 5.79 Å². The molecule has 10 aliphatic heterocycles. The van der Waals surface area contributed by atoms with Crippen LogP contribution in [0.1, 0.15) is 48.0 Å². The van der Waals surface area contributed by atoms with Crippen LogP contribution in [-0.4, -0.2) is 550 Å². The van der Waals surface area contributed by atoms with Crippen molar-refractivity contribution in [3.63, 3.8) is 0 Å². The predicted molar refractivity (Wildman–Crippen MR) is 403 cm³/mol. The Labute approximate surface area is 741 Å². The molecule has 10 saturated heterocycles. The van der Waals surface area contributed by atoms with Crippen molar-refractivity contribution < 1.29 is 262 Å². The number of hydrogen-bond donors (Lipinski definition) is 33. The first kappa shape index (κ1) is 108. The number of amides is 5. The topological polar surface area (TPSA) is 904 Å². The molecular weight excluding hydrogens is 1790 g/mol. The molecule has 131 heavy (non-hydrogen) atoms. The van der Waals surface area contributed by atoms with Gasteiger partial charge in [0.1, 0.15) is 232 Å². The zero-order chi connectivity index (χ0) is 96.9. The summed E-state index contributed by atoms with van der Waals surface area (Å²) in [5.74, 6) is -10.1. The number of nitrogens with one attached hydrogen (secondary N) is 5. The molecule has 0 bridgehead atoms. The van der Waals surface area contributed by atoms with E-state index in [1.807, 2.05) is 0 Å². The molecule has 33 N–H and O–H groups in total. The number of carbonyl (C=O) groups is 6. The maximum atomic E-state index is 13.2. The van der Waals surface area contributed by atoms with Gasteiger partial charge in [0.05, 0.1) is 77.7 Å². The van der Waals surface area contributed by atoms with E-state index in [9.17, 15) is 172 Å². The van der Waals surface area contributed by atoms with Crippen LogP contribution < -0.4 is 26.6 Å². The first-order valence-electron chi connectivity index (χ1n) is 41.6. The molecule has 0 saturated carbocycles. The second-order valence-electron chi connectivity index (χ2n) is 33.1. The lowest BCUT2D eigenvalue weighted by atomic mass is 9.88. The Morgan fingerprint density at radius 3 is 1.08 bits per heavy atom. The molecule has 756 valence electrons. The molecular formula is C73H121N5O53. The molecule has 0 unspecified atom stereocenters. The minimum atomic E-state index is -3.27. The van der Waals surface area contributed by atoms with Gasteiger partial charge in [-0.1, -0.05) is 0 Å². The Kier molecular flexibility index (Phi) is 38.4. The SMILES string of the molecule is CC(=O)N[C@@H]1[C@@H](O[C@@H]2O[C@H](CO)[C@H](O)[C@H](O[C@@H]3O[C@H](CO)[C@@H](O[C@@H]4O[C@H](CO)[C@H](O)[C@H](O)[C@H]4O[C@@H]4O[C@@H](C)[C@@H](O)[C@@H](O)[C@@H]4O)[C@H](O)[C@H]3NC(C)=O)[C@H]2O)[C@@H](O)[C@@H](CO[C@@H]2O[C@H](CO)[C@@H](O[C@@H]3O[C@H](CO)[C@H](O)[C@H](O[C@@H]4O[C@H](CO)[C@@H](O[C@@H]5O[C@H](CO)[C@H](O)[C@H](O[C@]6(C(=O)O)C[C@H](O)[C@@H](NC(C)=O)[C@H]([C@H](O)[C@H](O)CO)O6)[C@H]5O)[C@H](O)[C@H]4NC(C)=O)[C@H]3O)[C@H](O)[C@H]2NC(C)=O)O[C@@H]1O. The second-order valence-corrected chi connectivity index (χ2v) is 33.1. The summed E-state index contributed by atoms with van der Waals surface area (Å²) in [5.41, 5.74) is 0. The highest BCUT2D eigenvalue weighted by molar-refractivity contribution is 5.77. The molecule has 0 aromatic heterocycles. The third-order valence-electron chi connectivity index (χ3n) is 23.8. The molecule has 10 fully saturated rings. The van der Waals surface area contributed by atoms with E-state index in [1.165, 1.54) is 6.92 Å². The zero-order valence-corrected chi connectivity index (χ0v) is 70.7. The van der Waals surface area contributed by atoms with Crippen LogP contribution in [0.15, 0.2) is 0 Å². The summed E-state index contributed by atoms with van der Waals surface area (Å²) < 4.78 is 111. The maximum absolute atomic E-state index is 13.2. The van der Waals surface area contributed by atoms with E-state index in [-0.39, 0.29) is 0 Å². The van der Waals surface area contributed by atoms with E-state index in [0.717, 1.165) is 34.6 Å². The summed E-state index contributed by atoms with van der Waals surface area (Å²) in [6.45, 7) is -4.29. The third kappa shape index (κ3) is 23.9. The van der Waals surface area contributed by atoms with E-state index in [2.05, 4.69) is 26.6 Å². The fourth-order valence-electron chi connectivity index (χ4n) is 17.0. The van der Waals surface area contributed by atoms with Crippen LogP contribution in [0.5, 0.6) is 0 Å². The summed E-state index contributed by atoms with van der Waals surface area (Å²) in [5, 5.41) is 324. The normalized spacial score (nSPS) is 47.5. The van der Waals surface area contributed by atoms with Gasteiger partial charge in [0, 0.05) is 41.0 Å². The maximum Gasteiger partial charge on any atom is 0.364 e. The molecule has 0 aromatic carbocycles. The van der Waals surface area contributed by atoms with E-state index in [4.69, 9.17) is 90.0 Å². The number of carboxylic acids is 1. The number of rotatable bonds is 35. The smallest absolute Gasteiger partial charge is 0.364 e. The summed E-state index contributed by atoms with van der Waals surface area (Å²) in [4.78, 5) is 77.1. The highest BCUT2D eigenvalue weighted by atomic mass is 16.8. The molecule has 51 atom stereocenters. The van der Waals surface area contributed by atoms with Crippen molar-refractivity contribution in [3.8, 4) is 0 Å². The van der Waals surface area contributed by atoms with Crippen LogP contribution in [0.25, 0.3) is 0 Å². The van der Waals surface area contributed by atoms with Crippen LogP contribution >= 0.6 is 0 Å². The van der Waals surface area contributed by atoms with E-state index >= 15 is 0 Å². The molecule has 0 aliphatic carbocycles. The summed E-state index contributed by atoms with van der Waals surface area (Å²) in [6.07, 6.45) is -94.9. The largest absolute Gasteiger partial charge is 0.477 e. The highest BCUT2D eigenvalue weighted by Gasteiger charge is 2.64. The molecule has 5 amide bonds. The molecule has 0 aromatic rings. The van der Waals surface area contributed by atoms with Gasteiger partial charge in [-0.05, 0) is 6.92 Å². The number of carboxylic acid groups (broad SMARTS) is 1. The van der Waals surface area contributed by atoms with E-state index in [1.54, 1.807) is 0 Å². The van der Waals surface area contributed by atoms with Gasteiger partial charge < -0.3 is 260 Å². The van der Waals surface area contributed by atoms with Crippen molar-refractivity contribution in [1.29, 1.82) is 0 Å². The zero-order valence-electron chi connectivity index (χ0n) is 70.7. The Morgan fingerprint density at radius 1 is 0.328 bits per heavy atom. The number of aliphatic hydroxyl groups excluding tert-OH is 27. The van der Waals surface area contributed by atoms with Gasteiger partial charge in [0.15, 0.2) is 56.6 Å². The minimum absolute atomic E-state index is 0.866. The number of aliphatic hydroxyl groups is 27. The van der Waals surface area contributed by atoms with Crippen LogP contribution in [-0.2, 0) is 119 Å². The van der Waals surface area contributed by atoms with Crippen molar-refractivity contribution in [1.82, 2.24) is 26.6 Å². The van der Waals surface area contributed by atoms with Crippen molar-refractivity contribution >= 4 is 35.5 Å². The molecule has 58 heteroatoms. The summed E-state index contributed by atoms with van der Waals surface area (Å²) >= 11 is 0. The summed E-state index contributed by atoms with van der Waals surface area (Å²) in [6, 6.07) is -9.42. The van der Waals surface area contributed by atoms with Crippen LogP contribution in [0.4, 0.5) is 0 Å². The van der Waals surface area contributed by atoms with Gasteiger partial charge >= 0.3 is 5.97 Å². The van der Waals surface area contributed by atoms with Crippen molar-refractivity contribution in [2.24, 2.45) is 0 Å². The Balaban J connectivity index is 0.825. The number of aliphatic carboxylic acids is 1. The van der Waals surface area contributed by atoms with Crippen molar-refractivity contribution in [2.75, 3.05) is 59.5 Å². The fraction of sp³-hybridized carbons (Fsp3) is 0.918. The third-order valence-corrected chi connectivity index (χ3v) is 23.8. The van der Waals surface area contributed by atoms with E-state index < -0.39 is 414 Å². The lowest BCUT2D eigenvalue weighted by molar-refractivity contribution is -0.390. The minimum Gasteiger partial charge on any atom is -0.477 e. The Bertz CT molecular complexity index is 3670. The van der Waals surface area contributed by atoms with Gasteiger partial charge in [-0.3, -0.25) is 24.0 Å². The molecule has 10 heterocycles. The molecule has 0 spiro atoms. The first-order chi connectivity index (χ1) is 61.8. The van der Waals surface area contributed by atoms with Gasteiger partial charge in [-0.25, -0.2) is 4.79 Å². The van der Waals surface area contributed by atoms with E-state index in [0.29, 0.717) is 0 Å². The predicted octanol–water partition coefficient (Wildman–Crippen LogP) is -21.9. The molecule has 0 radical (unpaired) electrons. The standard InChI is InChI=1S/C73H121N5O53/c1-17-38(94)48(104)50(106)67(114-17)129-62-49(105)40(96)25(9-80)119-71(62)125-56-31(15-86)122-66(36(47(56)103)77-21(5)90)128-60-42(98)27(11-82)117-69(52(60)108)126-57-37(78-22(6)91)63(110)115-32(44(57)100)16-113-64-34(75-19(3)88)45(101)54(29(13-84)120-64)123-68-51(107)59(41(97)26(10-81)116-68)127-65-35(76-20(4)89)46(102)55(30(14-85)121-65)124-70-53(109)61(43(99)28(12-83)118-70)131-73(72(111)112)7-23(92)33(74-18(2)87)58(130-73)39(95)24(93)8-79/h17,23-71,79-86,92-110H,7-16H2,1-6H3,(H,74,87)(H,75,88)(H,76,89)(H,77,90)(H,78,91)(H,111,112)/t17-,23-,24+,25+,26+,27+,28+,29+,30+,31+,32+,33+,34+,35+,36+,37+,38+,39+,40-,41-,42-,43-,44-,45+,46+,47+,48+,49-,50-,51+,52+,53+,54+,55+,56+,57+,58+,59-,60-,61-,62+,63-,64+,65-,66-,67-,68-,69-,70-,71-,73-/m0/s1. The highest BCUT2D eigenvalue weighted by Crippen LogP contribution is 2.43. The Hall–Kier alpha value is -5.02. The van der Waals surface area contributed by atoms with Crippen LogP contribution in [0.2, 0.25) is 0 Å². The number of hydrogen-bond acceptors (Lipinski definition) is 52. The second kappa shape index (κ2) is 46.6. The lowest BCUT2D eigenvalue weighted by Crippen LogP contribution is -2.71. The van der Waals surface area contributed by atoms with Crippen molar-refractivity contribution in [3.05, 3.63) is 0 Å². The fourth-order valence-corrected chi connectivity index (χ4v) is 17.0. The Morgan fingerprint density at radius 2 is 0.664 bits per heavy atom. The number of carbonyl (C=O) groups excluding carboxylic acids is 5. The first-order valence-corrected chi connectivity index (χ1v) is 41.6. The summed E-state index contributed by atoms with van der Waals surface area (Å²) in [7, 11) is 0. The van der Waals surface area contributed by atoms with Gasteiger partial charge in [-0.2, -0.15) is 0 Å². The molecule has 10 aliphatic rings. The van der Waals surface area contributed by atoms with Gasteiger partial charge in [-0.15, -0.1) is 0 Å². The van der Waals surface area contributed by atoms with Crippen LogP contribution in [0.3, 0.4) is 0 Å². The number of ether oxygens (including phenoxy) is 19. The lowest BCUT2D eigenvalue weighted by Gasteiger charge is -2.51.